The lowest BCUT2D eigenvalue weighted by atomic mass is 10.0. The van der Waals surface area contributed by atoms with Gasteiger partial charge in [-0.25, -0.2) is 0 Å². The van der Waals surface area contributed by atoms with Gasteiger partial charge < -0.3 is 19.9 Å². The maximum atomic E-state index is 12.7. The summed E-state index contributed by atoms with van der Waals surface area (Å²) in [6.45, 7) is 7.06. The highest BCUT2D eigenvalue weighted by atomic mass is 16.5. The van der Waals surface area contributed by atoms with Crippen LogP contribution in [0.4, 0.5) is 11.4 Å². The highest BCUT2D eigenvalue weighted by Gasteiger charge is 2.17. The zero-order valence-electron chi connectivity index (χ0n) is 16.7. The van der Waals surface area contributed by atoms with Gasteiger partial charge in [0.05, 0.1) is 19.8 Å². The number of amides is 2. The van der Waals surface area contributed by atoms with Gasteiger partial charge in [0.15, 0.2) is 0 Å². The number of rotatable bonds is 5. The Kier molecular flexibility index (Phi) is 6.31. The number of carbonyl (C=O) groups is 2. The summed E-state index contributed by atoms with van der Waals surface area (Å²) in [5.74, 6) is -0.376. The van der Waals surface area contributed by atoms with Gasteiger partial charge in [-0.1, -0.05) is 17.7 Å². The number of benzene rings is 2. The minimum atomic E-state index is -0.222. The fourth-order valence-electron chi connectivity index (χ4n) is 3.24. The van der Waals surface area contributed by atoms with Crippen LogP contribution < -0.4 is 10.2 Å². The summed E-state index contributed by atoms with van der Waals surface area (Å²) in [5.41, 5.74) is 4.39. The van der Waals surface area contributed by atoms with E-state index in [2.05, 4.69) is 10.2 Å². The molecule has 0 aromatic heterocycles. The van der Waals surface area contributed by atoms with Crippen molar-refractivity contribution in [1.82, 2.24) is 4.90 Å². The number of carbonyl (C=O) groups excluding carboxylic acids is 2. The van der Waals surface area contributed by atoms with Crippen molar-refractivity contribution in [1.29, 1.82) is 0 Å². The Labute approximate surface area is 166 Å². The van der Waals surface area contributed by atoms with Crippen LogP contribution in [-0.4, -0.2) is 56.6 Å². The van der Waals surface area contributed by atoms with E-state index >= 15 is 0 Å². The van der Waals surface area contributed by atoms with Crippen LogP contribution in [-0.2, 0) is 9.53 Å². The average Bonchev–Trinajstić information content (AvgIpc) is 2.70. The normalized spacial score (nSPS) is 13.9. The Morgan fingerprint density at radius 1 is 1.07 bits per heavy atom. The first-order valence-electron chi connectivity index (χ1n) is 9.49. The van der Waals surface area contributed by atoms with Crippen molar-refractivity contribution in [3.8, 4) is 0 Å². The third-order valence-electron chi connectivity index (χ3n) is 4.88. The number of likely N-dealkylation sites (N-methyl/N-ethyl adjacent to an activating group) is 1. The minimum absolute atomic E-state index is 0.00255. The van der Waals surface area contributed by atoms with E-state index in [1.165, 1.54) is 4.90 Å². The quantitative estimate of drug-likeness (QED) is 0.865. The van der Waals surface area contributed by atoms with Gasteiger partial charge in [0.1, 0.15) is 0 Å². The lowest BCUT2D eigenvalue weighted by molar-refractivity contribution is -0.116. The molecule has 0 spiro atoms. The summed E-state index contributed by atoms with van der Waals surface area (Å²) in [7, 11) is 1.64. The van der Waals surface area contributed by atoms with Crippen LogP contribution in [0.5, 0.6) is 0 Å². The summed E-state index contributed by atoms with van der Waals surface area (Å²) >= 11 is 0. The second kappa shape index (κ2) is 8.89. The fraction of sp³-hybridized carbons (Fsp3) is 0.364. The first kappa shape index (κ1) is 19.9. The molecule has 2 aromatic rings. The topological polar surface area (TPSA) is 61.9 Å². The van der Waals surface area contributed by atoms with Crippen molar-refractivity contribution in [2.45, 2.75) is 13.8 Å². The molecule has 1 aliphatic rings. The standard InChI is InChI=1S/C22H27N3O3/c1-16-4-5-17(2)20(14-16)22(27)24(3)15-21(26)23-18-6-8-19(9-7-18)25-10-12-28-13-11-25/h4-9,14H,10-13,15H2,1-3H3,(H,23,26). The number of anilines is 2. The van der Waals surface area contributed by atoms with Crippen LogP contribution >= 0.6 is 0 Å². The largest absolute Gasteiger partial charge is 0.378 e. The van der Waals surface area contributed by atoms with E-state index in [1.54, 1.807) is 7.05 Å². The molecule has 0 unspecified atom stereocenters. The molecule has 0 saturated carbocycles. The molecule has 6 heteroatoms. The third kappa shape index (κ3) is 4.89. The Morgan fingerprint density at radius 2 is 1.75 bits per heavy atom. The van der Waals surface area contributed by atoms with Crippen LogP contribution in [0.3, 0.4) is 0 Å². The van der Waals surface area contributed by atoms with Crippen molar-refractivity contribution in [3.05, 3.63) is 59.2 Å². The van der Waals surface area contributed by atoms with E-state index in [1.807, 2.05) is 56.3 Å². The van der Waals surface area contributed by atoms with Gasteiger partial charge in [0, 0.05) is 37.1 Å². The van der Waals surface area contributed by atoms with Gasteiger partial charge in [0.25, 0.3) is 5.91 Å². The Hall–Kier alpha value is -2.86. The van der Waals surface area contributed by atoms with Crippen LogP contribution in [0.2, 0.25) is 0 Å². The predicted octanol–water partition coefficient (Wildman–Crippen LogP) is 2.85. The molecule has 2 amide bonds. The second-order valence-corrected chi connectivity index (χ2v) is 7.17. The van der Waals surface area contributed by atoms with Gasteiger partial charge in [0.2, 0.25) is 5.91 Å². The lowest BCUT2D eigenvalue weighted by Crippen LogP contribution is -2.36. The van der Waals surface area contributed by atoms with E-state index < -0.39 is 0 Å². The van der Waals surface area contributed by atoms with Crippen LogP contribution in [0.15, 0.2) is 42.5 Å². The van der Waals surface area contributed by atoms with Crippen molar-refractivity contribution in [2.24, 2.45) is 0 Å². The lowest BCUT2D eigenvalue weighted by Gasteiger charge is -2.28. The zero-order valence-corrected chi connectivity index (χ0v) is 16.7. The van der Waals surface area contributed by atoms with Gasteiger partial charge in [-0.3, -0.25) is 9.59 Å². The molecule has 6 nitrogen and oxygen atoms in total. The maximum Gasteiger partial charge on any atom is 0.254 e. The number of hydrogen-bond donors (Lipinski definition) is 1. The molecule has 1 heterocycles. The Balaban J connectivity index is 1.57. The predicted molar refractivity (Wildman–Crippen MR) is 111 cm³/mol. The SMILES string of the molecule is Cc1ccc(C)c(C(=O)N(C)CC(=O)Nc2ccc(N3CCOCC3)cc2)c1. The van der Waals surface area contributed by atoms with Gasteiger partial charge in [-0.15, -0.1) is 0 Å². The summed E-state index contributed by atoms with van der Waals surface area (Å²) in [6.07, 6.45) is 0. The summed E-state index contributed by atoms with van der Waals surface area (Å²) in [6, 6.07) is 13.5. The first-order chi connectivity index (χ1) is 13.4. The van der Waals surface area contributed by atoms with E-state index in [9.17, 15) is 9.59 Å². The molecule has 0 atom stereocenters. The van der Waals surface area contributed by atoms with Crippen LogP contribution in [0, 0.1) is 13.8 Å². The third-order valence-corrected chi connectivity index (χ3v) is 4.88. The summed E-state index contributed by atoms with van der Waals surface area (Å²) in [4.78, 5) is 28.7. The summed E-state index contributed by atoms with van der Waals surface area (Å²) < 4.78 is 5.37. The van der Waals surface area contributed by atoms with E-state index in [0.29, 0.717) is 5.56 Å². The molecule has 1 aliphatic heterocycles. The Morgan fingerprint density at radius 3 is 2.43 bits per heavy atom. The number of nitrogens with zero attached hydrogens (tertiary/aromatic N) is 2. The van der Waals surface area contributed by atoms with Crippen LogP contribution in [0.1, 0.15) is 21.5 Å². The average molecular weight is 381 g/mol. The molecule has 0 bridgehead atoms. The first-order valence-corrected chi connectivity index (χ1v) is 9.49. The smallest absolute Gasteiger partial charge is 0.254 e. The van der Waals surface area contributed by atoms with Crippen molar-refractivity contribution < 1.29 is 14.3 Å². The van der Waals surface area contributed by atoms with E-state index in [0.717, 1.165) is 48.8 Å². The van der Waals surface area contributed by atoms with Gasteiger partial charge in [-0.05, 0) is 49.7 Å². The number of ether oxygens (including phenoxy) is 1. The molecular formula is C22H27N3O3. The number of morpholine rings is 1. The van der Waals surface area contributed by atoms with Crippen molar-refractivity contribution >= 4 is 23.2 Å². The van der Waals surface area contributed by atoms with Gasteiger partial charge >= 0.3 is 0 Å². The monoisotopic (exact) mass is 381 g/mol. The number of hydrogen-bond acceptors (Lipinski definition) is 4. The molecule has 28 heavy (non-hydrogen) atoms. The molecule has 0 aliphatic carbocycles. The molecule has 3 rings (SSSR count). The molecule has 2 aromatic carbocycles. The maximum absolute atomic E-state index is 12.7. The molecule has 1 N–H and O–H groups in total. The van der Waals surface area contributed by atoms with Crippen LogP contribution in [0.25, 0.3) is 0 Å². The summed E-state index contributed by atoms with van der Waals surface area (Å²) in [5, 5.41) is 2.86. The van der Waals surface area contributed by atoms with Gasteiger partial charge in [-0.2, -0.15) is 0 Å². The fourth-order valence-corrected chi connectivity index (χ4v) is 3.24. The molecule has 0 radical (unpaired) electrons. The molecule has 1 saturated heterocycles. The highest BCUT2D eigenvalue weighted by Crippen LogP contribution is 2.19. The molecular weight excluding hydrogens is 354 g/mol. The van der Waals surface area contributed by atoms with E-state index in [4.69, 9.17) is 4.74 Å². The number of nitrogens with one attached hydrogen (secondary N) is 1. The number of aryl methyl sites for hydroxylation is 2. The van der Waals surface area contributed by atoms with Crippen molar-refractivity contribution in [3.63, 3.8) is 0 Å². The molecule has 1 fully saturated rings. The zero-order chi connectivity index (χ0) is 20.1. The van der Waals surface area contributed by atoms with Crippen molar-refractivity contribution in [2.75, 3.05) is 50.1 Å². The highest BCUT2D eigenvalue weighted by molar-refractivity contribution is 6.00. The Bertz CT molecular complexity index is 843. The van der Waals surface area contributed by atoms with E-state index in [-0.39, 0.29) is 18.4 Å². The molecule has 148 valence electrons. The minimum Gasteiger partial charge on any atom is -0.378 e. The second-order valence-electron chi connectivity index (χ2n) is 7.17.